The van der Waals surface area contributed by atoms with Crippen molar-refractivity contribution in [2.24, 2.45) is 5.73 Å². The molecule has 19 heavy (non-hydrogen) atoms. The summed E-state index contributed by atoms with van der Waals surface area (Å²) < 4.78 is 28.1. The van der Waals surface area contributed by atoms with Gasteiger partial charge in [0.05, 0.1) is 17.4 Å². The second-order valence-electron chi connectivity index (χ2n) is 4.24. The van der Waals surface area contributed by atoms with E-state index in [1.165, 1.54) is 0 Å². The lowest BCUT2D eigenvalue weighted by Crippen LogP contribution is -2.12. The second-order valence-corrected chi connectivity index (χ2v) is 7.12. The van der Waals surface area contributed by atoms with Gasteiger partial charge in [0.15, 0.2) is 0 Å². The first-order valence-electron chi connectivity index (χ1n) is 6.30. The van der Waals surface area contributed by atoms with Gasteiger partial charge in [0.25, 0.3) is 0 Å². The van der Waals surface area contributed by atoms with Crippen LogP contribution in [-0.4, -0.2) is 33.1 Å². The van der Waals surface area contributed by atoms with Crippen LogP contribution in [0, 0.1) is 0 Å². The van der Waals surface area contributed by atoms with Gasteiger partial charge in [-0.1, -0.05) is 24.6 Å². The van der Waals surface area contributed by atoms with Gasteiger partial charge in [0.2, 0.25) is 0 Å². The van der Waals surface area contributed by atoms with Gasteiger partial charge in [-0.15, -0.1) is 0 Å². The summed E-state index contributed by atoms with van der Waals surface area (Å²) in [6, 6.07) is 5.53. The highest BCUT2D eigenvalue weighted by molar-refractivity contribution is 7.91. The third kappa shape index (κ3) is 5.80. The predicted octanol–water partition coefficient (Wildman–Crippen LogP) is 2.04. The summed E-state index contributed by atoms with van der Waals surface area (Å²) in [7, 11) is -2.92. The summed E-state index contributed by atoms with van der Waals surface area (Å²) in [6.07, 6.45) is 1.24. The van der Waals surface area contributed by atoms with E-state index >= 15 is 0 Å². The summed E-state index contributed by atoms with van der Waals surface area (Å²) in [5.41, 5.74) is 6.53. The molecule has 0 radical (unpaired) electrons. The molecule has 1 rings (SSSR count). The van der Waals surface area contributed by atoms with Crippen LogP contribution < -0.4 is 10.5 Å². The molecular weight excluding hydrogens is 286 g/mol. The van der Waals surface area contributed by atoms with E-state index in [0.29, 0.717) is 30.3 Å². The van der Waals surface area contributed by atoms with E-state index in [9.17, 15) is 8.42 Å². The van der Waals surface area contributed by atoms with Crippen LogP contribution in [0.5, 0.6) is 5.75 Å². The zero-order chi connectivity index (χ0) is 14.3. The van der Waals surface area contributed by atoms with E-state index in [1.54, 1.807) is 13.0 Å². The molecule has 1 aromatic rings. The highest BCUT2D eigenvalue weighted by Crippen LogP contribution is 2.25. The fraction of sp³-hybridized carbons (Fsp3) is 0.538. The quantitative estimate of drug-likeness (QED) is 0.746. The first kappa shape index (κ1) is 16.3. The average molecular weight is 306 g/mol. The Labute approximate surface area is 119 Å². The number of ether oxygens (including phenoxy) is 1. The summed E-state index contributed by atoms with van der Waals surface area (Å²) >= 11 is 6.08. The normalized spacial score (nSPS) is 11.5. The Hall–Kier alpha value is -0.780. The molecule has 0 aliphatic carbocycles. The Morgan fingerprint density at radius 3 is 2.68 bits per heavy atom. The van der Waals surface area contributed by atoms with Crippen LogP contribution in [0.1, 0.15) is 18.9 Å². The van der Waals surface area contributed by atoms with Crippen LogP contribution in [-0.2, 0) is 16.3 Å². The molecule has 0 unspecified atom stereocenters. The fourth-order valence-electron chi connectivity index (χ4n) is 1.59. The van der Waals surface area contributed by atoms with E-state index in [1.807, 2.05) is 12.1 Å². The molecule has 0 heterocycles. The monoisotopic (exact) mass is 305 g/mol. The Balaban J connectivity index is 2.46. The maximum Gasteiger partial charge on any atom is 0.150 e. The first-order valence-corrected chi connectivity index (χ1v) is 8.50. The molecule has 6 heteroatoms. The number of hydrogen-bond donors (Lipinski definition) is 1. The SMILES string of the molecule is CCS(=O)(=O)CCCOc1ccc(CCN)cc1Cl. The van der Waals surface area contributed by atoms with Crippen molar-refractivity contribution in [1.82, 2.24) is 0 Å². The van der Waals surface area contributed by atoms with Crippen molar-refractivity contribution < 1.29 is 13.2 Å². The Kier molecular flexibility index (Phi) is 6.62. The zero-order valence-electron chi connectivity index (χ0n) is 11.1. The minimum atomic E-state index is -2.92. The largest absolute Gasteiger partial charge is 0.492 e. The lowest BCUT2D eigenvalue weighted by atomic mass is 10.1. The summed E-state index contributed by atoms with van der Waals surface area (Å²) in [4.78, 5) is 0. The van der Waals surface area contributed by atoms with Crippen molar-refractivity contribution in [2.45, 2.75) is 19.8 Å². The smallest absolute Gasteiger partial charge is 0.150 e. The molecule has 0 fully saturated rings. The zero-order valence-corrected chi connectivity index (χ0v) is 12.6. The van der Waals surface area contributed by atoms with E-state index in [4.69, 9.17) is 22.1 Å². The van der Waals surface area contributed by atoms with Crippen molar-refractivity contribution >= 4 is 21.4 Å². The van der Waals surface area contributed by atoms with Crippen LogP contribution in [0.15, 0.2) is 18.2 Å². The molecule has 0 atom stereocenters. The fourth-order valence-corrected chi connectivity index (χ4v) is 2.69. The van der Waals surface area contributed by atoms with Crippen molar-refractivity contribution in [3.63, 3.8) is 0 Å². The van der Waals surface area contributed by atoms with E-state index in [-0.39, 0.29) is 11.5 Å². The highest BCUT2D eigenvalue weighted by atomic mass is 35.5. The van der Waals surface area contributed by atoms with Crippen molar-refractivity contribution in [3.8, 4) is 5.75 Å². The topological polar surface area (TPSA) is 69.4 Å². The molecule has 2 N–H and O–H groups in total. The Morgan fingerprint density at radius 1 is 1.37 bits per heavy atom. The van der Waals surface area contributed by atoms with Crippen molar-refractivity contribution in [1.29, 1.82) is 0 Å². The van der Waals surface area contributed by atoms with Gasteiger partial charge >= 0.3 is 0 Å². The predicted molar refractivity (Wildman–Crippen MR) is 78.7 cm³/mol. The molecule has 0 amide bonds. The molecule has 108 valence electrons. The minimum Gasteiger partial charge on any atom is -0.492 e. The van der Waals surface area contributed by atoms with Gasteiger partial charge in [0.1, 0.15) is 15.6 Å². The van der Waals surface area contributed by atoms with Gasteiger partial charge in [-0.3, -0.25) is 0 Å². The molecule has 0 aliphatic rings. The number of sulfone groups is 1. The van der Waals surface area contributed by atoms with Gasteiger partial charge in [0, 0.05) is 5.75 Å². The van der Waals surface area contributed by atoms with Gasteiger partial charge in [-0.05, 0) is 37.1 Å². The molecule has 0 spiro atoms. The molecule has 4 nitrogen and oxygen atoms in total. The highest BCUT2D eigenvalue weighted by Gasteiger charge is 2.08. The molecule has 1 aromatic carbocycles. The van der Waals surface area contributed by atoms with Crippen LogP contribution in [0.4, 0.5) is 0 Å². The molecule has 0 aliphatic heterocycles. The third-order valence-electron chi connectivity index (χ3n) is 2.73. The van der Waals surface area contributed by atoms with Crippen molar-refractivity contribution in [2.75, 3.05) is 24.7 Å². The summed E-state index contributed by atoms with van der Waals surface area (Å²) in [5, 5.41) is 0.532. The van der Waals surface area contributed by atoms with E-state index in [2.05, 4.69) is 0 Å². The number of halogens is 1. The van der Waals surface area contributed by atoms with Crippen LogP contribution in [0.2, 0.25) is 5.02 Å². The maximum atomic E-state index is 11.3. The van der Waals surface area contributed by atoms with Crippen LogP contribution in [0.25, 0.3) is 0 Å². The first-order chi connectivity index (χ1) is 8.98. The molecule has 0 saturated carbocycles. The third-order valence-corrected chi connectivity index (χ3v) is 4.81. The van der Waals surface area contributed by atoms with Gasteiger partial charge in [-0.25, -0.2) is 8.42 Å². The van der Waals surface area contributed by atoms with Gasteiger partial charge in [-0.2, -0.15) is 0 Å². The van der Waals surface area contributed by atoms with Crippen LogP contribution in [0.3, 0.4) is 0 Å². The minimum absolute atomic E-state index is 0.145. The van der Waals surface area contributed by atoms with E-state index in [0.717, 1.165) is 12.0 Å². The molecule has 0 saturated heterocycles. The second kappa shape index (κ2) is 7.72. The number of nitrogens with two attached hydrogens (primary N) is 1. The van der Waals surface area contributed by atoms with E-state index < -0.39 is 9.84 Å². The van der Waals surface area contributed by atoms with Crippen molar-refractivity contribution in [3.05, 3.63) is 28.8 Å². The molecular formula is C13H20ClNO3S. The Morgan fingerprint density at radius 2 is 2.11 bits per heavy atom. The standard InChI is InChI=1S/C13H20ClNO3S/c1-2-19(16,17)9-3-8-18-13-5-4-11(6-7-15)10-12(13)14/h4-5,10H,2-3,6-9,15H2,1H3. The van der Waals surface area contributed by atoms with Crippen LogP contribution >= 0.6 is 11.6 Å². The van der Waals surface area contributed by atoms with Gasteiger partial charge < -0.3 is 10.5 Å². The lowest BCUT2D eigenvalue weighted by molar-refractivity contribution is 0.318. The molecule has 0 bridgehead atoms. The summed E-state index contributed by atoms with van der Waals surface area (Å²) in [5.74, 6) is 0.893. The molecule has 0 aromatic heterocycles. The number of benzene rings is 1. The Bertz CT molecular complexity index is 503. The maximum absolute atomic E-state index is 11.3. The number of hydrogen-bond acceptors (Lipinski definition) is 4. The summed E-state index contributed by atoms with van der Waals surface area (Å²) in [6.45, 7) is 2.56. The average Bonchev–Trinajstić information content (AvgIpc) is 2.37. The number of rotatable bonds is 8. The lowest BCUT2D eigenvalue weighted by Gasteiger charge is -2.09.